The van der Waals surface area contributed by atoms with Gasteiger partial charge >= 0.3 is 6.03 Å². The average molecular weight is 507 g/mol. The predicted octanol–water partition coefficient (Wildman–Crippen LogP) is 3.07. The summed E-state index contributed by atoms with van der Waals surface area (Å²) >= 11 is 0. The average Bonchev–Trinajstić information content (AvgIpc) is 3.33. The summed E-state index contributed by atoms with van der Waals surface area (Å²) in [5.74, 6) is 0.0776. The number of likely N-dealkylation sites (N-methyl/N-ethyl adjacent to an activating group) is 1. The van der Waals surface area contributed by atoms with Crippen molar-refractivity contribution in [3.8, 4) is 0 Å². The first-order valence-corrected chi connectivity index (χ1v) is 13.3. The molecule has 0 spiro atoms. The van der Waals surface area contributed by atoms with Gasteiger partial charge in [0.25, 0.3) is 0 Å². The molecule has 0 radical (unpaired) electrons. The van der Waals surface area contributed by atoms with Crippen molar-refractivity contribution in [3.63, 3.8) is 0 Å². The molecule has 0 unspecified atom stereocenters. The molecule has 0 saturated carbocycles. The number of urea groups is 1. The molecule has 4 aliphatic heterocycles. The van der Waals surface area contributed by atoms with Crippen molar-refractivity contribution in [2.45, 2.75) is 32.9 Å². The number of amides is 2. The molecule has 1 atom stereocenters. The number of benzene rings is 1. The molecule has 4 aliphatic rings. The minimum Gasteiger partial charge on any atom is -0.368 e. The number of hydrogen-bond acceptors (Lipinski definition) is 7. The van der Waals surface area contributed by atoms with E-state index in [0.29, 0.717) is 41.4 Å². The van der Waals surface area contributed by atoms with Gasteiger partial charge in [0.2, 0.25) is 0 Å². The number of rotatable bonds is 5. The van der Waals surface area contributed by atoms with Crippen LogP contribution >= 0.6 is 0 Å². The number of aromatic nitrogens is 2. The molecule has 9 nitrogen and oxygen atoms in total. The Morgan fingerprint density at radius 1 is 1.16 bits per heavy atom. The highest BCUT2D eigenvalue weighted by Gasteiger charge is 2.32. The van der Waals surface area contributed by atoms with Crippen LogP contribution in [0.15, 0.2) is 35.9 Å². The number of carbonyl (C=O) groups excluding carboxylic acids is 1. The van der Waals surface area contributed by atoms with Gasteiger partial charge < -0.3 is 20.0 Å². The van der Waals surface area contributed by atoms with Gasteiger partial charge in [-0.15, -0.1) is 0 Å². The topological polar surface area (TPSA) is 71.1 Å². The lowest BCUT2D eigenvalue weighted by Crippen LogP contribution is -2.47. The van der Waals surface area contributed by atoms with E-state index < -0.39 is 0 Å². The van der Waals surface area contributed by atoms with Crippen molar-refractivity contribution < 1.29 is 9.18 Å². The first kappa shape index (κ1) is 24.1. The van der Waals surface area contributed by atoms with Crippen LogP contribution in [0.1, 0.15) is 25.8 Å². The summed E-state index contributed by atoms with van der Waals surface area (Å²) in [6.07, 6.45) is 7.22. The second-order valence-corrected chi connectivity index (χ2v) is 10.5. The molecule has 0 bridgehead atoms. The van der Waals surface area contributed by atoms with Gasteiger partial charge in [-0.1, -0.05) is 6.08 Å². The van der Waals surface area contributed by atoms with Crippen LogP contribution in [0.4, 0.5) is 20.7 Å². The third-order valence-corrected chi connectivity index (χ3v) is 8.26. The quantitative estimate of drug-likeness (QED) is 0.668. The summed E-state index contributed by atoms with van der Waals surface area (Å²) in [5.41, 5.74) is 4.08. The molecule has 1 N–H and O–H groups in total. The lowest BCUT2D eigenvalue weighted by molar-refractivity contribution is 0.148. The number of nitrogens with zero attached hydrogens (tertiary/aromatic N) is 7. The molecule has 1 aromatic heterocycles. The van der Waals surface area contributed by atoms with Crippen LogP contribution in [0, 0.1) is 5.82 Å². The third-order valence-electron chi connectivity index (χ3n) is 8.26. The smallest absolute Gasteiger partial charge is 0.327 e. The maximum absolute atomic E-state index is 15.7. The first-order chi connectivity index (χ1) is 17.9. The van der Waals surface area contributed by atoms with Crippen LogP contribution in [-0.2, 0) is 6.54 Å². The van der Waals surface area contributed by atoms with Gasteiger partial charge in [-0.3, -0.25) is 9.80 Å². The van der Waals surface area contributed by atoms with E-state index in [9.17, 15) is 4.79 Å². The number of halogens is 1. The fourth-order valence-corrected chi connectivity index (χ4v) is 6.23. The van der Waals surface area contributed by atoms with E-state index in [0.717, 1.165) is 45.8 Å². The SMILES string of the molecule is CCN1C(=O)Nc2c(F)c(CN3CCN(C4=C(C)N([C@H]5CCN(C)C5)CC=C4)CC3)cc3ncnc1c23. The van der Waals surface area contributed by atoms with E-state index in [1.165, 1.54) is 29.0 Å². The van der Waals surface area contributed by atoms with Crippen molar-refractivity contribution in [1.82, 2.24) is 29.6 Å². The Kier molecular flexibility index (Phi) is 6.24. The number of anilines is 2. The molecule has 2 aromatic rings. The predicted molar refractivity (Wildman–Crippen MR) is 143 cm³/mol. The van der Waals surface area contributed by atoms with Gasteiger partial charge in [-0.25, -0.2) is 19.2 Å². The summed E-state index contributed by atoms with van der Waals surface area (Å²) in [5, 5.41) is 3.31. The summed E-state index contributed by atoms with van der Waals surface area (Å²) in [6.45, 7) is 11.8. The largest absolute Gasteiger partial charge is 0.368 e. The molecule has 10 heteroatoms. The molecule has 0 aliphatic carbocycles. The summed E-state index contributed by atoms with van der Waals surface area (Å²) in [7, 11) is 2.20. The molecular weight excluding hydrogens is 471 g/mol. The molecule has 5 heterocycles. The fraction of sp³-hybridized carbons (Fsp3) is 0.519. The minimum absolute atomic E-state index is 0.196. The van der Waals surface area contributed by atoms with Crippen LogP contribution in [0.3, 0.4) is 0 Å². The number of hydrogen-bond donors (Lipinski definition) is 1. The molecule has 6 rings (SSSR count). The summed E-state index contributed by atoms with van der Waals surface area (Å²) in [6, 6.07) is 2.03. The maximum atomic E-state index is 15.7. The zero-order chi connectivity index (χ0) is 25.7. The molecule has 2 fully saturated rings. The van der Waals surface area contributed by atoms with E-state index >= 15 is 4.39 Å². The molecule has 1 aromatic carbocycles. The Labute approximate surface area is 217 Å². The zero-order valence-corrected chi connectivity index (χ0v) is 21.9. The number of nitrogens with one attached hydrogen (secondary N) is 1. The number of likely N-dealkylation sites (tertiary alicyclic amines) is 1. The van der Waals surface area contributed by atoms with E-state index in [4.69, 9.17) is 0 Å². The van der Waals surface area contributed by atoms with E-state index in [2.05, 4.69) is 61.0 Å². The van der Waals surface area contributed by atoms with Crippen LogP contribution in [-0.4, -0.2) is 101 Å². The fourth-order valence-electron chi connectivity index (χ4n) is 6.23. The molecule has 196 valence electrons. The first-order valence-electron chi connectivity index (χ1n) is 13.3. The standard InChI is InChI=1S/C27H35FN8O/c1-4-35-26-23-21(29-17-30-26)14-19(24(28)25(23)31-27(35)37)15-33-10-12-34(13-11-33)22-6-5-8-36(18(22)2)20-7-9-32(3)16-20/h5-6,14,17,20H,4,7-13,15-16H2,1-3H3,(H,31,37)/t20-/m0/s1. The van der Waals surface area contributed by atoms with Gasteiger partial charge in [0.1, 0.15) is 12.1 Å². The Bertz CT molecular complexity index is 1280. The van der Waals surface area contributed by atoms with Crippen molar-refractivity contribution in [3.05, 3.63) is 47.3 Å². The molecular formula is C27H35FN8O. The van der Waals surface area contributed by atoms with Gasteiger partial charge in [-0.05, 0) is 46.0 Å². The summed E-state index contributed by atoms with van der Waals surface area (Å²) < 4.78 is 15.7. The van der Waals surface area contributed by atoms with Gasteiger partial charge in [0.15, 0.2) is 5.82 Å². The molecule has 2 amide bonds. The molecule has 2 saturated heterocycles. The van der Waals surface area contributed by atoms with Gasteiger partial charge in [0, 0.05) is 69.7 Å². The Morgan fingerprint density at radius 3 is 2.70 bits per heavy atom. The third kappa shape index (κ3) is 4.21. The highest BCUT2D eigenvalue weighted by Crippen LogP contribution is 2.38. The van der Waals surface area contributed by atoms with Crippen LogP contribution in [0.5, 0.6) is 0 Å². The second-order valence-electron chi connectivity index (χ2n) is 10.5. The normalized spacial score (nSPS) is 23.0. The van der Waals surface area contributed by atoms with E-state index in [-0.39, 0.29) is 17.5 Å². The maximum Gasteiger partial charge on any atom is 0.327 e. The number of carbonyl (C=O) groups is 1. The Morgan fingerprint density at radius 2 is 1.97 bits per heavy atom. The van der Waals surface area contributed by atoms with Crippen LogP contribution in [0.2, 0.25) is 0 Å². The van der Waals surface area contributed by atoms with E-state index in [1.54, 1.807) is 0 Å². The van der Waals surface area contributed by atoms with Crippen molar-refractivity contribution in [2.75, 3.05) is 69.6 Å². The van der Waals surface area contributed by atoms with Crippen molar-refractivity contribution in [2.24, 2.45) is 0 Å². The van der Waals surface area contributed by atoms with Crippen LogP contribution in [0.25, 0.3) is 10.9 Å². The van der Waals surface area contributed by atoms with Gasteiger partial charge in [-0.2, -0.15) is 0 Å². The number of piperazine rings is 1. The van der Waals surface area contributed by atoms with Crippen LogP contribution < -0.4 is 10.2 Å². The monoisotopic (exact) mass is 506 g/mol. The number of allylic oxidation sites excluding steroid dienone is 2. The van der Waals surface area contributed by atoms with E-state index in [1.807, 2.05) is 13.0 Å². The minimum atomic E-state index is -0.388. The Hall–Kier alpha value is -3.24. The summed E-state index contributed by atoms with van der Waals surface area (Å²) in [4.78, 5) is 32.5. The highest BCUT2D eigenvalue weighted by molar-refractivity contribution is 6.17. The zero-order valence-electron chi connectivity index (χ0n) is 21.9. The Balaban J connectivity index is 1.18. The molecule has 37 heavy (non-hydrogen) atoms. The van der Waals surface area contributed by atoms with Crippen molar-refractivity contribution in [1.29, 1.82) is 0 Å². The van der Waals surface area contributed by atoms with Gasteiger partial charge in [0.05, 0.1) is 22.3 Å². The lowest BCUT2D eigenvalue weighted by Gasteiger charge is -2.41. The van der Waals surface area contributed by atoms with Crippen molar-refractivity contribution >= 4 is 28.4 Å². The highest BCUT2D eigenvalue weighted by atomic mass is 19.1. The lowest BCUT2D eigenvalue weighted by atomic mass is 10.1. The second kappa shape index (κ2) is 9.57.